The molecular formula is C21H25BrN2O3. The van der Waals surface area contributed by atoms with Gasteiger partial charge in [0, 0.05) is 30.8 Å². The molecule has 1 N–H and O–H groups in total. The van der Waals surface area contributed by atoms with Gasteiger partial charge in [0.15, 0.2) is 0 Å². The molecule has 0 aliphatic heterocycles. The molecule has 0 spiro atoms. The van der Waals surface area contributed by atoms with Crippen LogP contribution >= 0.6 is 15.9 Å². The number of hydrogen-bond acceptors (Lipinski definition) is 3. The number of benzene rings is 2. The summed E-state index contributed by atoms with van der Waals surface area (Å²) in [6, 6.07) is 12.6. The number of halogens is 1. The monoisotopic (exact) mass is 432 g/mol. The third-order valence-electron chi connectivity index (χ3n) is 4.36. The molecule has 2 rings (SSSR count). The van der Waals surface area contributed by atoms with E-state index >= 15 is 0 Å². The Morgan fingerprint density at radius 1 is 1.04 bits per heavy atom. The molecule has 0 saturated carbocycles. The zero-order valence-electron chi connectivity index (χ0n) is 15.9. The lowest BCUT2D eigenvalue weighted by Gasteiger charge is -2.18. The topological polar surface area (TPSA) is 58.6 Å². The highest BCUT2D eigenvalue weighted by molar-refractivity contribution is 9.10. The summed E-state index contributed by atoms with van der Waals surface area (Å²) in [6.07, 6.45) is 0.715. The summed E-state index contributed by atoms with van der Waals surface area (Å²) < 4.78 is 6.10. The molecule has 0 aromatic heterocycles. The molecule has 0 unspecified atom stereocenters. The lowest BCUT2D eigenvalue weighted by atomic mass is 10.1. The first kappa shape index (κ1) is 21.0. The maximum Gasteiger partial charge on any atom is 0.253 e. The number of carbonyl (C=O) groups is 2. The Morgan fingerprint density at radius 2 is 1.67 bits per heavy atom. The molecule has 27 heavy (non-hydrogen) atoms. The van der Waals surface area contributed by atoms with Crippen molar-refractivity contribution < 1.29 is 14.3 Å². The average molecular weight is 433 g/mol. The molecule has 0 bridgehead atoms. The van der Waals surface area contributed by atoms with E-state index in [4.69, 9.17) is 4.74 Å². The maximum absolute atomic E-state index is 12.3. The zero-order valence-corrected chi connectivity index (χ0v) is 17.5. The summed E-state index contributed by atoms with van der Waals surface area (Å²) >= 11 is 3.46. The number of nitrogens with one attached hydrogen (secondary N) is 1. The Morgan fingerprint density at radius 3 is 2.22 bits per heavy atom. The fourth-order valence-electron chi connectivity index (χ4n) is 2.75. The van der Waals surface area contributed by atoms with E-state index in [1.807, 2.05) is 32.0 Å². The van der Waals surface area contributed by atoms with Gasteiger partial charge in [0.05, 0.1) is 11.6 Å². The van der Waals surface area contributed by atoms with Gasteiger partial charge in [-0.3, -0.25) is 9.59 Å². The highest BCUT2D eigenvalue weighted by Crippen LogP contribution is 2.25. The molecule has 0 heterocycles. The van der Waals surface area contributed by atoms with Crippen LogP contribution in [0.1, 0.15) is 40.1 Å². The lowest BCUT2D eigenvalue weighted by molar-refractivity contribution is 0.0772. The van der Waals surface area contributed by atoms with Crippen LogP contribution < -0.4 is 10.1 Å². The summed E-state index contributed by atoms with van der Waals surface area (Å²) in [4.78, 5) is 26.3. The number of rotatable bonds is 8. The summed E-state index contributed by atoms with van der Waals surface area (Å²) in [5.41, 5.74) is 2.24. The van der Waals surface area contributed by atoms with E-state index in [1.54, 1.807) is 36.3 Å². The van der Waals surface area contributed by atoms with Crippen LogP contribution in [0.3, 0.4) is 0 Å². The van der Waals surface area contributed by atoms with Crippen LogP contribution in [0.5, 0.6) is 5.75 Å². The standard InChI is InChI=1S/C21H25BrN2O3/c1-4-24(5-2)21(26)17-9-7-16(8-10-17)20(25)23-13-12-15-6-11-19(27-3)18(22)14-15/h6-11,14H,4-5,12-13H2,1-3H3,(H,23,25). The molecule has 0 atom stereocenters. The van der Waals surface area contributed by atoms with E-state index < -0.39 is 0 Å². The Kier molecular flexibility index (Phi) is 7.85. The lowest BCUT2D eigenvalue weighted by Crippen LogP contribution is -2.30. The minimum absolute atomic E-state index is 0.0166. The maximum atomic E-state index is 12.3. The fraction of sp³-hybridized carbons (Fsp3) is 0.333. The van der Waals surface area contributed by atoms with Crippen LogP contribution in [0, 0.1) is 0 Å². The van der Waals surface area contributed by atoms with Crippen LogP contribution in [0.2, 0.25) is 0 Å². The summed E-state index contributed by atoms with van der Waals surface area (Å²) in [5.74, 6) is 0.614. The number of amides is 2. The van der Waals surface area contributed by atoms with Crippen molar-refractivity contribution in [2.75, 3.05) is 26.7 Å². The van der Waals surface area contributed by atoms with Gasteiger partial charge >= 0.3 is 0 Å². The van der Waals surface area contributed by atoms with Gasteiger partial charge < -0.3 is 15.0 Å². The molecule has 0 aliphatic carbocycles. The third kappa shape index (κ3) is 5.57. The van der Waals surface area contributed by atoms with Gasteiger partial charge in [0.2, 0.25) is 0 Å². The van der Waals surface area contributed by atoms with Crippen molar-refractivity contribution in [1.82, 2.24) is 10.2 Å². The molecule has 144 valence electrons. The number of carbonyl (C=O) groups excluding carboxylic acids is 2. The minimum atomic E-state index is -0.149. The van der Waals surface area contributed by atoms with Crippen molar-refractivity contribution in [3.63, 3.8) is 0 Å². The minimum Gasteiger partial charge on any atom is -0.496 e. The Bertz CT molecular complexity index is 787. The quantitative estimate of drug-likeness (QED) is 0.687. The van der Waals surface area contributed by atoms with Crippen LogP contribution in [-0.4, -0.2) is 43.5 Å². The molecule has 2 amide bonds. The summed E-state index contributed by atoms with van der Waals surface area (Å²) in [7, 11) is 1.63. The highest BCUT2D eigenvalue weighted by atomic mass is 79.9. The zero-order chi connectivity index (χ0) is 19.8. The predicted molar refractivity (Wildman–Crippen MR) is 110 cm³/mol. The highest BCUT2D eigenvalue weighted by Gasteiger charge is 2.13. The summed E-state index contributed by atoms with van der Waals surface area (Å²) in [6.45, 7) is 5.75. The predicted octanol–water partition coefficient (Wildman–Crippen LogP) is 3.91. The molecule has 5 nitrogen and oxygen atoms in total. The van der Waals surface area contributed by atoms with Crippen molar-refractivity contribution in [2.45, 2.75) is 20.3 Å². The van der Waals surface area contributed by atoms with Crippen LogP contribution in [0.25, 0.3) is 0 Å². The van der Waals surface area contributed by atoms with Crippen molar-refractivity contribution in [3.8, 4) is 5.75 Å². The van der Waals surface area contributed by atoms with Crippen molar-refractivity contribution in [3.05, 3.63) is 63.6 Å². The second-order valence-electron chi connectivity index (χ2n) is 6.03. The van der Waals surface area contributed by atoms with Crippen molar-refractivity contribution >= 4 is 27.7 Å². The van der Waals surface area contributed by atoms with Crippen molar-refractivity contribution in [2.24, 2.45) is 0 Å². The smallest absolute Gasteiger partial charge is 0.253 e. The van der Waals surface area contributed by atoms with E-state index in [-0.39, 0.29) is 11.8 Å². The fourth-order valence-corrected chi connectivity index (χ4v) is 3.33. The Labute approximate surface area is 168 Å². The average Bonchev–Trinajstić information content (AvgIpc) is 2.69. The van der Waals surface area contributed by atoms with Gasteiger partial charge in [0.1, 0.15) is 5.75 Å². The molecule has 2 aromatic rings. The SMILES string of the molecule is CCN(CC)C(=O)c1ccc(C(=O)NCCc2ccc(OC)c(Br)c2)cc1. The molecule has 0 fully saturated rings. The first-order chi connectivity index (χ1) is 13.0. The molecular weight excluding hydrogens is 408 g/mol. The second-order valence-corrected chi connectivity index (χ2v) is 6.88. The number of ether oxygens (including phenoxy) is 1. The van der Waals surface area contributed by atoms with Gasteiger partial charge in [-0.2, -0.15) is 0 Å². The van der Waals surface area contributed by atoms with E-state index in [1.165, 1.54) is 0 Å². The van der Waals surface area contributed by atoms with Gasteiger partial charge in [-0.1, -0.05) is 6.07 Å². The van der Waals surface area contributed by atoms with Gasteiger partial charge in [-0.25, -0.2) is 0 Å². The van der Waals surface area contributed by atoms with E-state index in [0.717, 1.165) is 15.8 Å². The molecule has 2 aromatic carbocycles. The van der Waals surface area contributed by atoms with Crippen LogP contribution in [0.4, 0.5) is 0 Å². The largest absolute Gasteiger partial charge is 0.496 e. The Balaban J connectivity index is 1.90. The van der Waals surface area contributed by atoms with Gasteiger partial charge in [-0.05, 0) is 78.2 Å². The van der Waals surface area contributed by atoms with Gasteiger partial charge in [0.25, 0.3) is 11.8 Å². The summed E-state index contributed by atoms with van der Waals surface area (Å²) in [5, 5.41) is 2.91. The molecule has 6 heteroatoms. The van der Waals surface area contributed by atoms with E-state index in [9.17, 15) is 9.59 Å². The molecule has 0 radical (unpaired) electrons. The van der Waals surface area contributed by atoms with Crippen LogP contribution in [0.15, 0.2) is 46.9 Å². The second kappa shape index (κ2) is 10.1. The first-order valence-electron chi connectivity index (χ1n) is 9.00. The third-order valence-corrected chi connectivity index (χ3v) is 4.98. The number of nitrogens with zero attached hydrogens (tertiary/aromatic N) is 1. The van der Waals surface area contributed by atoms with E-state index in [2.05, 4.69) is 21.2 Å². The first-order valence-corrected chi connectivity index (χ1v) is 9.79. The van der Waals surface area contributed by atoms with Crippen LogP contribution in [-0.2, 0) is 6.42 Å². The molecule has 0 saturated heterocycles. The normalized spacial score (nSPS) is 10.4. The van der Waals surface area contributed by atoms with E-state index in [0.29, 0.717) is 37.2 Å². The Hall–Kier alpha value is -2.34. The van der Waals surface area contributed by atoms with Crippen molar-refractivity contribution in [1.29, 1.82) is 0 Å². The van der Waals surface area contributed by atoms with Gasteiger partial charge in [-0.15, -0.1) is 0 Å². The number of hydrogen-bond donors (Lipinski definition) is 1. The number of methoxy groups -OCH3 is 1. The molecule has 0 aliphatic rings.